The number of fused-ring (bicyclic) bond motifs is 1. The summed E-state index contributed by atoms with van der Waals surface area (Å²) in [5, 5.41) is 1.20. The van der Waals surface area contributed by atoms with Crippen LogP contribution in [0.3, 0.4) is 0 Å². The first-order valence-electron chi connectivity index (χ1n) is 8.77. The van der Waals surface area contributed by atoms with Gasteiger partial charge in [0, 0.05) is 36.6 Å². The highest BCUT2D eigenvalue weighted by atomic mass is 15.4. The lowest BCUT2D eigenvalue weighted by Crippen LogP contribution is -2.38. The Balaban J connectivity index is 0.000000172. The Labute approximate surface area is 140 Å². The smallest absolute Gasteiger partial charge is 0.101 e. The maximum atomic E-state index is 4.18. The minimum Gasteiger partial charge on any atom is -0.356 e. The summed E-state index contributed by atoms with van der Waals surface area (Å²) in [6, 6.07) is 12.1. The van der Waals surface area contributed by atoms with Crippen LogP contribution >= 0.6 is 0 Å². The zero-order chi connectivity index (χ0) is 16.7. The minimum atomic E-state index is 0.616. The Kier molecular flexibility index (Phi) is 6.45. The summed E-state index contributed by atoms with van der Waals surface area (Å²) in [7, 11) is 0. The van der Waals surface area contributed by atoms with Gasteiger partial charge in [-0.05, 0) is 38.8 Å². The molecule has 0 bridgehead atoms. The van der Waals surface area contributed by atoms with Crippen LogP contribution in [0.1, 0.15) is 40.5 Å². The fourth-order valence-electron chi connectivity index (χ4n) is 3.20. The molecule has 0 aliphatic carbocycles. The summed E-state index contributed by atoms with van der Waals surface area (Å²) in [5.74, 6) is 0. The summed E-state index contributed by atoms with van der Waals surface area (Å²) < 4.78 is 0. The van der Waals surface area contributed by atoms with Crippen LogP contribution in [-0.2, 0) is 0 Å². The van der Waals surface area contributed by atoms with Crippen molar-refractivity contribution in [3.63, 3.8) is 0 Å². The average molecular weight is 311 g/mol. The number of hydrogen-bond donors (Lipinski definition) is 0. The zero-order valence-electron chi connectivity index (χ0n) is 14.9. The largest absolute Gasteiger partial charge is 0.356 e. The zero-order valence-corrected chi connectivity index (χ0v) is 14.9. The van der Waals surface area contributed by atoms with Gasteiger partial charge >= 0.3 is 0 Å². The molecule has 124 valence electrons. The molecule has 1 aromatic carbocycles. The van der Waals surface area contributed by atoms with E-state index in [0.717, 1.165) is 25.0 Å². The topological polar surface area (TPSA) is 19.4 Å². The quantitative estimate of drug-likeness (QED) is 0.803. The van der Waals surface area contributed by atoms with Crippen molar-refractivity contribution in [1.82, 2.24) is 14.8 Å². The molecular formula is C20H29N3. The predicted molar refractivity (Wildman–Crippen MR) is 99.0 cm³/mol. The van der Waals surface area contributed by atoms with Gasteiger partial charge in [0.1, 0.15) is 6.17 Å². The molecule has 0 saturated carbocycles. The van der Waals surface area contributed by atoms with Crippen LogP contribution in [0, 0.1) is 0 Å². The maximum Gasteiger partial charge on any atom is 0.101 e. The van der Waals surface area contributed by atoms with Gasteiger partial charge < -0.3 is 9.80 Å². The average Bonchev–Trinajstić information content (AvgIpc) is 2.99. The summed E-state index contributed by atoms with van der Waals surface area (Å²) in [5.41, 5.74) is 2.56. The van der Waals surface area contributed by atoms with Crippen LogP contribution in [0.4, 0.5) is 0 Å². The maximum absolute atomic E-state index is 4.18. The highest BCUT2D eigenvalue weighted by Gasteiger charge is 2.26. The van der Waals surface area contributed by atoms with Crippen molar-refractivity contribution in [2.75, 3.05) is 13.1 Å². The number of rotatable bonds is 4. The summed E-state index contributed by atoms with van der Waals surface area (Å²) >= 11 is 0. The molecule has 3 heteroatoms. The molecular weight excluding hydrogens is 282 g/mol. The molecule has 0 radical (unpaired) electrons. The fraction of sp³-hybridized carbons (Fsp3) is 0.450. The van der Waals surface area contributed by atoms with Crippen molar-refractivity contribution in [3.05, 3.63) is 54.5 Å². The molecule has 1 aliphatic heterocycles. The molecule has 0 saturated heterocycles. The van der Waals surface area contributed by atoms with Gasteiger partial charge in [0.25, 0.3) is 0 Å². The van der Waals surface area contributed by atoms with Crippen LogP contribution in [0.15, 0.2) is 54.5 Å². The summed E-state index contributed by atoms with van der Waals surface area (Å²) in [4.78, 5) is 9.15. The number of benzene rings is 1. The molecule has 1 atom stereocenters. The van der Waals surface area contributed by atoms with Crippen molar-refractivity contribution in [3.8, 4) is 0 Å². The normalized spacial score (nSPS) is 17.0. The molecule has 1 aliphatic rings. The van der Waals surface area contributed by atoms with E-state index in [0.29, 0.717) is 6.17 Å². The first-order chi connectivity index (χ1) is 11.2. The lowest BCUT2D eigenvalue weighted by Gasteiger charge is -2.32. The first-order valence-corrected chi connectivity index (χ1v) is 8.77. The monoisotopic (exact) mass is 311 g/mol. The van der Waals surface area contributed by atoms with E-state index in [1.165, 1.54) is 17.5 Å². The Morgan fingerprint density at radius 3 is 2.30 bits per heavy atom. The third kappa shape index (κ3) is 4.04. The molecule has 0 N–H and O–H groups in total. The molecule has 1 aromatic heterocycles. The molecule has 23 heavy (non-hydrogen) atoms. The molecule has 3 rings (SSSR count). The second-order valence-corrected chi connectivity index (χ2v) is 5.68. The Morgan fingerprint density at radius 2 is 1.70 bits per heavy atom. The van der Waals surface area contributed by atoms with Gasteiger partial charge in [0.05, 0.1) is 5.52 Å². The molecule has 0 spiro atoms. The van der Waals surface area contributed by atoms with E-state index < -0.39 is 0 Å². The number of pyridine rings is 1. The first kappa shape index (κ1) is 17.3. The Hall–Kier alpha value is -2.03. The van der Waals surface area contributed by atoms with Gasteiger partial charge in [-0.15, -0.1) is 0 Å². The van der Waals surface area contributed by atoms with E-state index in [1.54, 1.807) is 0 Å². The van der Waals surface area contributed by atoms with Crippen molar-refractivity contribution < 1.29 is 0 Å². The molecule has 3 nitrogen and oxygen atoms in total. The lowest BCUT2D eigenvalue weighted by molar-refractivity contribution is 0.148. The number of nitrogens with zero attached hydrogens (tertiary/aromatic N) is 3. The minimum absolute atomic E-state index is 0.616. The van der Waals surface area contributed by atoms with Crippen LogP contribution in [0.2, 0.25) is 0 Å². The van der Waals surface area contributed by atoms with Crippen molar-refractivity contribution >= 4 is 10.9 Å². The molecule has 2 heterocycles. The van der Waals surface area contributed by atoms with Crippen molar-refractivity contribution in [1.29, 1.82) is 0 Å². The van der Waals surface area contributed by atoms with E-state index in [-0.39, 0.29) is 0 Å². The van der Waals surface area contributed by atoms with Gasteiger partial charge in [-0.1, -0.05) is 38.1 Å². The SMILES string of the molecule is CCC1=CN(CC)C(CC)N1CC.c1ccc2ncccc2c1. The van der Waals surface area contributed by atoms with Crippen LogP contribution in [0.25, 0.3) is 10.9 Å². The molecule has 2 aromatic rings. The highest BCUT2D eigenvalue weighted by Crippen LogP contribution is 2.25. The number of hydrogen-bond acceptors (Lipinski definition) is 3. The van der Waals surface area contributed by atoms with E-state index in [9.17, 15) is 0 Å². The fourth-order valence-corrected chi connectivity index (χ4v) is 3.20. The Bertz CT molecular complexity index is 570. The van der Waals surface area contributed by atoms with Crippen LogP contribution < -0.4 is 0 Å². The summed E-state index contributed by atoms with van der Waals surface area (Å²) in [6.07, 6.45) is 7.12. The van der Waals surface area contributed by atoms with Gasteiger partial charge in [-0.2, -0.15) is 0 Å². The van der Waals surface area contributed by atoms with Crippen molar-refractivity contribution in [2.45, 2.75) is 46.7 Å². The standard InChI is InChI=1S/C11H22N2.C9H7N/c1-5-10-9-12(7-3)11(6-2)13(10)8-4;1-2-6-9-8(4-1)5-3-7-10-9/h9,11H,5-8H2,1-4H3;1-7H. The lowest BCUT2D eigenvalue weighted by atomic mass is 10.2. The third-order valence-corrected chi connectivity index (χ3v) is 4.37. The predicted octanol–water partition coefficient (Wildman–Crippen LogP) is 4.87. The van der Waals surface area contributed by atoms with Crippen LogP contribution in [-0.4, -0.2) is 34.0 Å². The summed E-state index contributed by atoms with van der Waals surface area (Å²) in [6.45, 7) is 11.2. The number of aromatic nitrogens is 1. The second-order valence-electron chi connectivity index (χ2n) is 5.68. The van der Waals surface area contributed by atoms with Crippen LogP contribution in [0.5, 0.6) is 0 Å². The number of allylic oxidation sites excluding steroid dienone is 1. The second kappa shape index (κ2) is 8.56. The third-order valence-electron chi connectivity index (χ3n) is 4.37. The number of para-hydroxylation sites is 1. The van der Waals surface area contributed by atoms with Gasteiger partial charge in [-0.3, -0.25) is 4.98 Å². The highest BCUT2D eigenvalue weighted by molar-refractivity contribution is 5.77. The van der Waals surface area contributed by atoms with E-state index in [2.05, 4.69) is 60.8 Å². The molecule has 0 amide bonds. The van der Waals surface area contributed by atoms with Gasteiger partial charge in [0.15, 0.2) is 0 Å². The van der Waals surface area contributed by atoms with Crippen molar-refractivity contribution in [2.24, 2.45) is 0 Å². The van der Waals surface area contributed by atoms with Gasteiger partial charge in [0.2, 0.25) is 0 Å². The van der Waals surface area contributed by atoms with E-state index in [4.69, 9.17) is 0 Å². The van der Waals surface area contributed by atoms with E-state index in [1.807, 2.05) is 30.5 Å². The van der Waals surface area contributed by atoms with E-state index >= 15 is 0 Å². The van der Waals surface area contributed by atoms with Gasteiger partial charge in [-0.25, -0.2) is 0 Å². The Morgan fingerprint density at radius 1 is 0.957 bits per heavy atom. The molecule has 1 unspecified atom stereocenters. The molecule has 0 fully saturated rings.